The van der Waals surface area contributed by atoms with Gasteiger partial charge in [0.1, 0.15) is 11.4 Å². The van der Waals surface area contributed by atoms with Gasteiger partial charge in [-0.3, -0.25) is 0 Å². The molecule has 12 heavy (non-hydrogen) atoms. The normalized spacial score (nSPS) is 41.2. The summed E-state index contributed by atoms with van der Waals surface area (Å²) in [4.78, 5) is 0. The van der Waals surface area contributed by atoms with Crippen LogP contribution in [-0.2, 0) is 4.74 Å². The minimum atomic E-state index is -0.652. The van der Waals surface area contributed by atoms with Crippen LogP contribution >= 0.6 is 11.8 Å². The molecule has 0 amide bonds. The molecule has 1 saturated heterocycles. The first-order chi connectivity index (χ1) is 5.71. The van der Waals surface area contributed by atoms with Crippen molar-refractivity contribution in [3.05, 3.63) is 11.8 Å². The van der Waals surface area contributed by atoms with Crippen molar-refractivity contribution in [1.29, 1.82) is 0 Å². The fourth-order valence-electron chi connectivity index (χ4n) is 1.79. The van der Waals surface area contributed by atoms with Crippen LogP contribution in [0.4, 0.5) is 0 Å². The molecule has 2 rings (SSSR count). The lowest BCUT2D eigenvalue weighted by Crippen LogP contribution is -2.31. The standard InChI is InChI=1S/C9H14O2S/c1-7-5-9(10,6-12-7)8-3-2-4-11-8/h3,7,10H,2,4-6H2,1H3. The maximum absolute atomic E-state index is 10.1. The van der Waals surface area contributed by atoms with Crippen molar-refractivity contribution in [3.8, 4) is 0 Å². The van der Waals surface area contributed by atoms with Crippen molar-refractivity contribution < 1.29 is 9.84 Å². The van der Waals surface area contributed by atoms with Crippen molar-refractivity contribution in [2.45, 2.75) is 30.6 Å². The molecule has 2 aliphatic heterocycles. The Morgan fingerprint density at radius 2 is 2.58 bits per heavy atom. The van der Waals surface area contributed by atoms with Crippen LogP contribution in [0.1, 0.15) is 19.8 Å². The van der Waals surface area contributed by atoms with E-state index in [1.807, 2.05) is 17.8 Å². The molecule has 0 spiro atoms. The van der Waals surface area contributed by atoms with Crippen molar-refractivity contribution in [3.63, 3.8) is 0 Å². The zero-order valence-electron chi connectivity index (χ0n) is 7.25. The third-order valence-electron chi connectivity index (χ3n) is 2.40. The molecule has 2 aliphatic rings. The number of aliphatic hydroxyl groups is 1. The van der Waals surface area contributed by atoms with E-state index in [1.165, 1.54) is 0 Å². The van der Waals surface area contributed by atoms with E-state index >= 15 is 0 Å². The van der Waals surface area contributed by atoms with Gasteiger partial charge in [0.25, 0.3) is 0 Å². The van der Waals surface area contributed by atoms with E-state index < -0.39 is 5.60 Å². The monoisotopic (exact) mass is 186 g/mol. The van der Waals surface area contributed by atoms with E-state index in [0.717, 1.165) is 31.0 Å². The Morgan fingerprint density at radius 3 is 3.08 bits per heavy atom. The van der Waals surface area contributed by atoms with Gasteiger partial charge in [0.05, 0.1) is 6.61 Å². The summed E-state index contributed by atoms with van der Waals surface area (Å²) >= 11 is 1.82. The zero-order chi connectivity index (χ0) is 8.60. The average molecular weight is 186 g/mol. The summed E-state index contributed by atoms with van der Waals surface area (Å²) in [6.45, 7) is 2.90. The smallest absolute Gasteiger partial charge is 0.131 e. The lowest BCUT2D eigenvalue weighted by atomic mass is 9.98. The fourth-order valence-corrected chi connectivity index (χ4v) is 3.00. The van der Waals surface area contributed by atoms with Crippen LogP contribution in [0.5, 0.6) is 0 Å². The maximum Gasteiger partial charge on any atom is 0.131 e. The molecule has 0 aromatic rings. The number of thioether (sulfide) groups is 1. The zero-order valence-corrected chi connectivity index (χ0v) is 8.06. The molecule has 2 nitrogen and oxygen atoms in total. The van der Waals surface area contributed by atoms with E-state index in [-0.39, 0.29) is 0 Å². The maximum atomic E-state index is 10.1. The fraction of sp³-hybridized carbons (Fsp3) is 0.778. The van der Waals surface area contributed by atoms with Gasteiger partial charge in [-0.1, -0.05) is 6.92 Å². The van der Waals surface area contributed by atoms with Crippen LogP contribution in [0, 0.1) is 0 Å². The second kappa shape index (κ2) is 2.96. The number of hydrogen-bond donors (Lipinski definition) is 1. The van der Waals surface area contributed by atoms with Crippen molar-refractivity contribution >= 4 is 11.8 Å². The number of ether oxygens (including phenoxy) is 1. The predicted molar refractivity (Wildman–Crippen MR) is 50.1 cm³/mol. The van der Waals surface area contributed by atoms with Gasteiger partial charge in [-0.15, -0.1) is 0 Å². The van der Waals surface area contributed by atoms with Gasteiger partial charge in [0.15, 0.2) is 0 Å². The first-order valence-electron chi connectivity index (χ1n) is 4.38. The average Bonchev–Trinajstić information content (AvgIpc) is 2.59. The van der Waals surface area contributed by atoms with E-state index in [1.54, 1.807) is 0 Å². The molecule has 1 fully saturated rings. The Hall–Kier alpha value is -0.150. The molecule has 68 valence electrons. The van der Waals surface area contributed by atoms with Crippen molar-refractivity contribution in [2.24, 2.45) is 0 Å². The highest BCUT2D eigenvalue weighted by Crippen LogP contribution is 2.40. The molecule has 2 heterocycles. The van der Waals surface area contributed by atoms with E-state index in [2.05, 4.69) is 6.92 Å². The van der Waals surface area contributed by atoms with E-state index in [9.17, 15) is 5.11 Å². The third-order valence-corrected chi connectivity index (χ3v) is 3.78. The first-order valence-corrected chi connectivity index (χ1v) is 5.43. The largest absolute Gasteiger partial charge is 0.495 e. The number of rotatable bonds is 1. The number of hydrogen-bond acceptors (Lipinski definition) is 3. The predicted octanol–water partition coefficient (Wildman–Crippen LogP) is 1.55. The van der Waals surface area contributed by atoms with Gasteiger partial charge in [-0.05, 0) is 12.5 Å². The van der Waals surface area contributed by atoms with Crippen molar-refractivity contribution in [2.75, 3.05) is 12.4 Å². The Bertz CT molecular complexity index is 215. The van der Waals surface area contributed by atoms with Crippen LogP contribution in [-0.4, -0.2) is 28.3 Å². The minimum Gasteiger partial charge on any atom is -0.495 e. The molecule has 2 unspecified atom stereocenters. The highest BCUT2D eigenvalue weighted by molar-refractivity contribution is 8.00. The summed E-state index contributed by atoms with van der Waals surface area (Å²) in [7, 11) is 0. The van der Waals surface area contributed by atoms with E-state index in [0.29, 0.717) is 5.25 Å². The van der Waals surface area contributed by atoms with Gasteiger partial charge in [-0.2, -0.15) is 11.8 Å². The van der Waals surface area contributed by atoms with Crippen LogP contribution in [0.2, 0.25) is 0 Å². The Labute approximate surface area is 77.0 Å². The molecule has 0 aromatic carbocycles. The van der Waals surface area contributed by atoms with Gasteiger partial charge < -0.3 is 9.84 Å². The first kappa shape index (κ1) is 8.45. The molecular formula is C9H14O2S. The van der Waals surface area contributed by atoms with Gasteiger partial charge in [0.2, 0.25) is 0 Å². The summed E-state index contributed by atoms with van der Waals surface area (Å²) in [5.41, 5.74) is -0.652. The topological polar surface area (TPSA) is 29.5 Å². The summed E-state index contributed by atoms with van der Waals surface area (Å²) in [5.74, 6) is 1.61. The minimum absolute atomic E-state index is 0.556. The van der Waals surface area contributed by atoms with Crippen LogP contribution < -0.4 is 0 Å². The van der Waals surface area contributed by atoms with E-state index in [4.69, 9.17) is 4.74 Å². The highest BCUT2D eigenvalue weighted by atomic mass is 32.2. The molecule has 2 atom stereocenters. The van der Waals surface area contributed by atoms with Gasteiger partial charge in [-0.25, -0.2) is 0 Å². The third kappa shape index (κ3) is 1.36. The molecule has 0 saturated carbocycles. The van der Waals surface area contributed by atoms with Crippen LogP contribution in [0.15, 0.2) is 11.8 Å². The van der Waals surface area contributed by atoms with Crippen LogP contribution in [0.25, 0.3) is 0 Å². The van der Waals surface area contributed by atoms with Crippen LogP contribution in [0.3, 0.4) is 0 Å². The molecule has 1 N–H and O–H groups in total. The summed E-state index contributed by atoms with van der Waals surface area (Å²) < 4.78 is 5.39. The second-order valence-corrected chi connectivity index (χ2v) is 4.99. The molecule has 0 bridgehead atoms. The summed E-state index contributed by atoms with van der Waals surface area (Å²) in [6.07, 6.45) is 3.82. The molecule has 0 aliphatic carbocycles. The summed E-state index contributed by atoms with van der Waals surface area (Å²) in [6, 6.07) is 0. The van der Waals surface area contributed by atoms with Gasteiger partial charge >= 0.3 is 0 Å². The lowest BCUT2D eigenvalue weighted by molar-refractivity contribution is 0.0379. The van der Waals surface area contributed by atoms with Gasteiger partial charge in [0, 0.05) is 17.4 Å². The SMILES string of the molecule is CC1CC(O)(C2=CCCO2)CS1. The molecule has 3 heteroatoms. The Balaban J connectivity index is 2.10. The molecular weight excluding hydrogens is 172 g/mol. The highest BCUT2D eigenvalue weighted by Gasteiger charge is 2.41. The second-order valence-electron chi connectivity index (χ2n) is 3.56. The molecule has 0 radical (unpaired) electrons. The lowest BCUT2D eigenvalue weighted by Gasteiger charge is -2.22. The Kier molecular flexibility index (Phi) is 2.09. The Morgan fingerprint density at radius 1 is 1.75 bits per heavy atom. The summed E-state index contributed by atoms with van der Waals surface area (Å²) in [5, 5.41) is 10.7. The quantitative estimate of drug-likeness (QED) is 0.673. The molecule has 0 aromatic heterocycles. The van der Waals surface area contributed by atoms with Crippen molar-refractivity contribution in [1.82, 2.24) is 0 Å².